The highest BCUT2D eigenvalue weighted by molar-refractivity contribution is 7.98. The third-order valence-electron chi connectivity index (χ3n) is 2.67. The number of nitrogens with zero attached hydrogens (tertiary/aromatic N) is 1. The van der Waals surface area contributed by atoms with Crippen LogP contribution in [0.25, 0.3) is 0 Å². The van der Waals surface area contributed by atoms with E-state index >= 15 is 0 Å². The van der Waals surface area contributed by atoms with Gasteiger partial charge in [-0.05, 0) is 57.4 Å². The highest BCUT2D eigenvalue weighted by Crippen LogP contribution is 2.18. The summed E-state index contributed by atoms with van der Waals surface area (Å²) in [5.74, 6) is 0. The first-order chi connectivity index (χ1) is 8.61. The lowest BCUT2D eigenvalue weighted by Gasteiger charge is -2.02. The lowest BCUT2D eigenvalue weighted by atomic mass is 10.3. The molecule has 18 heavy (non-hydrogen) atoms. The summed E-state index contributed by atoms with van der Waals surface area (Å²) in [6.07, 6.45) is 4.80. The fourth-order valence-electron chi connectivity index (χ4n) is 1.72. The van der Waals surface area contributed by atoms with Crippen LogP contribution in [0.3, 0.4) is 0 Å². The summed E-state index contributed by atoms with van der Waals surface area (Å²) in [4.78, 5) is 13.9. The molecule has 5 heteroatoms. The molecule has 1 aliphatic rings. The van der Waals surface area contributed by atoms with Gasteiger partial charge in [-0.2, -0.15) is 0 Å². The van der Waals surface area contributed by atoms with Crippen molar-refractivity contribution in [3.8, 4) is 0 Å². The van der Waals surface area contributed by atoms with Gasteiger partial charge in [-0.1, -0.05) is 6.07 Å². The molecule has 4 nitrogen and oxygen atoms in total. The van der Waals surface area contributed by atoms with Crippen LogP contribution < -0.4 is 11.1 Å². The molecule has 100 valence electrons. The van der Waals surface area contributed by atoms with Crippen LogP contribution in [0.1, 0.15) is 12.8 Å². The van der Waals surface area contributed by atoms with Crippen molar-refractivity contribution in [1.82, 2.24) is 4.90 Å². The molecule has 1 aromatic rings. The minimum Gasteiger partial charge on any atom is -0.351 e. The maximum atomic E-state index is 10.5. The van der Waals surface area contributed by atoms with Crippen LogP contribution >= 0.6 is 11.8 Å². The third-order valence-corrected chi connectivity index (χ3v) is 3.39. The number of anilines is 1. The molecule has 0 aliphatic carbocycles. The number of hydrogen-bond donors (Lipinski definition) is 2. The number of benzene rings is 1. The first kappa shape index (κ1) is 14.9. The minimum absolute atomic E-state index is 0.534. The van der Waals surface area contributed by atoms with Gasteiger partial charge >= 0.3 is 6.03 Å². The van der Waals surface area contributed by atoms with Crippen molar-refractivity contribution < 1.29 is 4.79 Å². The predicted molar refractivity (Wildman–Crippen MR) is 78.2 cm³/mol. The van der Waals surface area contributed by atoms with E-state index in [9.17, 15) is 4.79 Å². The molecule has 0 aromatic heterocycles. The van der Waals surface area contributed by atoms with Gasteiger partial charge in [0.15, 0.2) is 0 Å². The Morgan fingerprint density at radius 1 is 1.39 bits per heavy atom. The van der Waals surface area contributed by atoms with E-state index in [2.05, 4.69) is 17.3 Å². The van der Waals surface area contributed by atoms with Gasteiger partial charge in [0.2, 0.25) is 0 Å². The quantitative estimate of drug-likeness (QED) is 0.810. The summed E-state index contributed by atoms with van der Waals surface area (Å²) < 4.78 is 0. The van der Waals surface area contributed by atoms with Crippen LogP contribution in [0.4, 0.5) is 10.5 Å². The molecular weight excluding hydrogens is 246 g/mol. The van der Waals surface area contributed by atoms with Crippen molar-refractivity contribution in [1.29, 1.82) is 0 Å². The zero-order valence-corrected chi connectivity index (χ0v) is 11.8. The van der Waals surface area contributed by atoms with Crippen molar-refractivity contribution >= 4 is 23.5 Å². The largest absolute Gasteiger partial charge is 0.351 e. The fourth-order valence-corrected chi connectivity index (χ4v) is 2.18. The third kappa shape index (κ3) is 5.93. The zero-order chi connectivity index (χ0) is 13.4. The summed E-state index contributed by atoms with van der Waals surface area (Å²) in [7, 11) is 2.17. The number of hydrogen-bond acceptors (Lipinski definition) is 3. The Labute approximate surface area is 113 Å². The molecule has 0 atom stereocenters. The van der Waals surface area contributed by atoms with Gasteiger partial charge in [0.05, 0.1) is 0 Å². The highest BCUT2D eigenvalue weighted by Gasteiger charge is 2.03. The SMILES string of the molecule is CN1CCCC1.CSc1cccc(NC(N)=O)c1. The van der Waals surface area contributed by atoms with Gasteiger partial charge in [0.1, 0.15) is 0 Å². The number of carbonyl (C=O) groups is 1. The van der Waals surface area contributed by atoms with Crippen LogP contribution in [0.2, 0.25) is 0 Å². The average Bonchev–Trinajstić information content (AvgIpc) is 2.80. The van der Waals surface area contributed by atoms with Crippen molar-refractivity contribution in [2.24, 2.45) is 5.73 Å². The summed E-state index contributed by atoms with van der Waals surface area (Å²) in [6.45, 7) is 2.64. The van der Waals surface area contributed by atoms with Gasteiger partial charge in [-0.3, -0.25) is 0 Å². The first-order valence-electron chi connectivity index (χ1n) is 6.01. The van der Waals surface area contributed by atoms with E-state index in [1.807, 2.05) is 24.5 Å². The van der Waals surface area contributed by atoms with E-state index in [1.165, 1.54) is 25.9 Å². The molecule has 0 radical (unpaired) electrons. The molecule has 1 aliphatic heterocycles. The van der Waals surface area contributed by atoms with Crippen molar-refractivity contribution in [3.05, 3.63) is 24.3 Å². The summed E-state index contributed by atoms with van der Waals surface area (Å²) in [6, 6.07) is 6.97. The van der Waals surface area contributed by atoms with E-state index in [1.54, 1.807) is 17.8 Å². The standard InChI is InChI=1S/C8H10N2OS.C5H11N/c1-12-7-4-2-3-6(5-7)10-8(9)11;1-6-4-2-3-5-6/h2-5H,1H3,(H3,9,10,11);2-5H2,1H3. The molecule has 0 unspecified atom stereocenters. The maximum absolute atomic E-state index is 10.5. The Hall–Kier alpha value is -1.20. The lowest BCUT2D eigenvalue weighted by Crippen LogP contribution is -2.19. The molecule has 2 amide bonds. The molecular formula is C13H21N3OS. The van der Waals surface area contributed by atoms with Crippen molar-refractivity contribution in [2.75, 3.05) is 31.7 Å². The molecule has 0 bridgehead atoms. The monoisotopic (exact) mass is 267 g/mol. The molecule has 2 rings (SSSR count). The maximum Gasteiger partial charge on any atom is 0.316 e. The highest BCUT2D eigenvalue weighted by atomic mass is 32.2. The number of carbonyl (C=O) groups excluding carboxylic acids is 1. The minimum atomic E-state index is -0.534. The van der Waals surface area contributed by atoms with E-state index in [4.69, 9.17) is 5.73 Å². The molecule has 0 saturated carbocycles. The smallest absolute Gasteiger partial charge is 0.316 e. The lowest BCUT2D eigenvalue weighted by molar-refractivity contribution is 0.259. The molecule has 0 spiro atoms. The molecule has 1 fully saturated rings. The molecule has 1 heterocycles. The summed E-state index contributed by atoms with van der Waals surface area (Å²) >= 11 is 1.62. The number of likely N-dealkylation sites (tertiary alicyclic amines) is 1. The number of amides is 2. The number of urea groups is 1. The Kier molecular flexibility index (Phi) is 6.60. The second-order valence-electron chi connectivity index (χ2n) is 4.23. The van der Waals surface area contributed by atoms with Crippen LogP contribution in [0.5, 0.6) is 0 Å². The number of thioether (sulfide) groups is 1. The normalized spacial score (nSPS) is 14.8. The van der Waals surface area contributed by atoms with Gasteiger partial charge in [0, 0.05) is 10.6 Å². The number of primary amides is 1. The second kappa shape index (κ2) is 8.00. The van der Waals surface area contributed by atoms with Crippen molar-refractivity contribution in [3.63, 3.8) is 0 Å². The Bertz CT molecular complexity index is 378. The van der Waals surface area contributed by atoms with Crippen LogP contribution in [0, 0.1) is 0 Å². The Morgan fingerprint density at radius 2 is 2.06 bits per heavy atom. The van der Waals surface area contributed by atoms with E-state index < -0.39 is 6.03 Å². The zero-order valence-electron chi connectivity index (χ0n) is 11.0. The molecule has 3 N–H and O–H groups in total. The van der Waals surface area contributed by atoms with Gasteiger partial charge in [-0.25, -0.2) is 4.79 Å². The molecule has 1 aromatic carbocycles. The topological polar surface area (TPSA) is 58.4 Å². The van der Waals surface area contributed by atoms with E-state index in [0.717, 1.165) is 10.6 Å². The van der Waals surface area contributed by atoms with Gasteiger partial charge in [0.25, 0.3) is 0 Å². The number of nitrogens with one attached hydrogen (secondary N) is 1. The van der Waals surface area contributed by atoms with E-state index in [0.29, 0.717) is 0 Å². The number of rotatable bonds is 2. The van der Waals surface area contributed by atoms with Gasteiger partial charge < -0.3 is 16.0 Å². The van der Waals surface area contributed by atoms with Crippen LogP contribution in [0.15, 0.2) is 29.2 Å². The predicted octanol–water partition coefficient (Wildman–Crippen LogP) is 2.61. The average molecular weight is 267 g/mol. The Morgan fingerprint density at radius 3 is 2.50 bits per heavy atom. The summed E-state index contributed by atoms with van der Waals surface area (Å²) in [5.41, 5.74) is 5.69. The van der Waals surface area contributed by atoms with Crippen LogP contribution in [-0.2, 0) is 0 Å². The summed E-state index contributed by atoms with van der Waals surface area (Å²) in [5, 5.41) is 2.50. The first-order valence-corrected chi connectivity index (χ1v) is 7.23. The fraction of sp³-hybridized carbons (Fsp3) is 0.462. The van der Waals surface area contributed by atoms with E-state index in [-0.39, 0.29) is 0 Å². The van der Waals surface area contributed by atoms with Crippen LogP contribution in [-0.4, -0.2) is 37.3 Å². The molecule has 1 saturated heterocycles. The Balaban J connectivity index is 0.000000225. The second-order valence-corrected chi connectivity index (χ2v) is 5.11. The number of nitrogens with two attached hydrogens (primary N) is 1. The van der Waals surface area contributed by atoms with Gasteiger partial charge in [-0.15, -0.1) is 11.8 Å². The van der Waals surface area contributed by atoms with Crippen molar-refractivity contribution in [2.45, 2.75) is 17.7 Å².